The van der Waals surface area contributed by atoms with Gasteiger partial charge in [-0.05, 0) is 35.4 Å². The van der Waals surface area contributed by atoms with Crippen molar-refractivity contribution in [2.24, 2.45) is 5.92 Å². The summed E-state index contributed by atoms with van der Waals surface area (Å²) in [5, 5.41) is 3.12. The van der Waals surface area contributed by atoms with Gasteiger partial charge in [0.1, 0.15) is 10.3 Å². The van der Waals surface area contributed by atoms with Crippen molar-refractivity contribution in [2.75, 3.05) is 32.1 Å². The van der Waals surface area contributed by atoms with Crippen LogP contribution in [0.2, 0.25) is 0 Å². The zero-order chi connectivity index (χ0) is 12.1. The van der Waals surface area contributed by atoms with E-state index in [1.807, 2.05) is 19.0 Å². The summed E-state index contributed by atoms with van der Waals surface area (Å²) in [5.41, 5.74) is -0.155. The second-order valence-corrected chi connectivity index (χ2v) is 4.71. The van der Waals surface area contributed by atoms with Gasteiger partial charge in [-0.2, -0.15) is 0 Å². The number of aromatic amines is 1. The molecule has 0 radical (unpaired) electrons. The Balaban J connectivity index is 2.76. The zero-order valence-corrected chi connectivity index (χ0v) is 11.3. The van der Waals surface area contributed by atoms with Crippen molar-refractivity contribution in [2.45, 2.75) is 6.92 Å². The highest BCUT2D eigenvalue weighted by molar-refractivity contribution is 9.10. The Morgan fingerprint density at radius 2 is 2.38 bits per heavy atom. The predicted molar refractivity (Wildman–Crippen MR) is 68.9 cm³/mol. The summed E-state index contributed by atoms with van der Waals surface area (Å²) in [5.74, 6) is 1.16. The largest absolute Gasteiger partial charge is 0.358 e. The number of aromatic nitrogens is 2. The molecule has 0 saturated heterocycles. The molecular formula is C10H17BrN4O. The number of hydrogen-bond donors (Lipinski definition) is 2. The standard InChI is InChI=1S/C10H17BrN4O/c1-7(4-12-2)5-15(3)9-8(11)10(16)14-6-13-9/h6-7,12H,4-5H2,1-3H3,(H,13,14,16). The number of nitrogens with zero attached hydrogens (tertiary/aromatic N) is 2. The Morgan fingerprint density at radius 3 is 3.00 bits per heavy atom. The Morgan fingerprint density at radius 1 is 1.69 bits per heavy atom. The molecule has 1 aromatic rings. The van der Waals surface area contributed by atoms with Crippen LogP contribution in [-0.2, 0) is 0 Å². The quantitative estimate of drug-likeness (QED) is 0.842. The first-order chi connectivity index (χ1) is 7.56. The van der Waals surface area contributed by atoms with E-state index in [4.69, 9.17) is 0 Å². The lowest BCUT2D eigenvalue weighted by Crippen LogP contribution is -2.31. The van der Waals surface area contributed by atoms with Crippen LogP contribution >= 0.6 is 15.9 Å². The maximum absolute atomic E-state index is 11.4. The molecule has 5 nitrogen and oxygen atoms in total. The van der Waals surface area contributed by atoms with Gasteiger partial charge in [-0.1, -0.05) is 6.92 Å². The predicted octanol–water partition coefficient (Wildman–Crippen LogP) is 0.824. The minimum Gasteiger partial charge on any atom is -0.358 e. The van der Waals surface area contributed by atoms with Crippen LogP contribution in [0.4, 0.5) is 5.82 Å². The van der Waals surface area contributed by atoms with Crippen molar-refractivity contribution in [3.05, 3.63) is 21.2 Å². The molecule has 0 saturated carbocycles. The molecule has 0 fully saturated rings. The van der Waals surface area contributed by atoms with E-state index >= 15 is 0 Å². The normalized spacial score (nSPS) is 12.5. The van der Waals surface area contributed by atoms with E-state index in [0.717, 1.165) is 13.1 Å². The number of H-pyrrole nitrogens is 1. The lowest BCUT2D eigenvalue weighted by molar-refractivity contribution is 0.540. The topological polar surface area (TPSA) is 61.0 Å². The Hall–Kier alpha value is -0.880. The van der Waals surface area contributed by atoms with Crippen LogP contribution in [0.15, 0.2) is 15.6 Å². The van der Waals surface area contributed by atoms with Gasteiger partial charge in [0.25, 0.3) is 5.56 Å². The molecule has 6 heteroatoms. The molecule has 1 aromatic heterocycles. The first-order valence-electron chi connectivity index (χ1n) is 5.15. The molecule has 2 N–H and O–H groups in total. The minimum atomic E-state index is -0.155. The fourth-order valence-electron chi connectivity index (χ4n) is 1.61. The highest BCUT2D eigenvalue weighted by atomic mass is 79.9. The average molecular weight is 289 g/mol. The van der Waals surface area contributed by atoms with Gasteiger partial charge in [-0.25, -0.2) is 4.98 Å². The Labute approximate surface area is 103 Å². The summed E-state index contributed by atoms with van der Waals surface area (Å²) in [4.78, 5) is 20.0. The van der Waals surface area contributed by atoms with Crippen molar-refractivity contribution in [3.8, 4) is 0 Å². The molecule has 0 bridgehead atoms. The third-order valence-electron chi connectivity index (χ3n) is 2.28. The van der Waals surface area contributed by atoms with Gasteiger partial charge in [0.15, 0.2) is 0 Å². The van der Waals surface area contributed by atoms with Crippen LogP contribution < -0.4 is 15.8 Å². The molecular weight excluding hydrogens is 272 g/mol. The molecule has 90 valence electrons. The van der Waals surface area contributed by atoms with Crippen molar-refractivity contribution >= 4 is 21.7 Å². The van der Waals surface area contributed by atoms with Crippen LogP contribution in [0.25, 0.3) is 0 Å². The second-order valence-electron chi connectivity index (χ2n) is 3.91. The number of nitrogens with one attached hydrogen (secondary N) is 2. The third kappa shape index (κ3) is 3.31. The molecule has 0 aromatic carbocycles. The van der Waals surface area contributed by atoms with E-state index in [9.17, 15) is 4.79 Å². The second kappa shape index (κ2) is 6.00. The fraction of sp³-hybridized carbons (Fsp3) is 0.600. The Bertz CT molecular complexity index is 393. The molecule has 0 amide bonds. The first kappa shape index (κ1) is 13.2. The van der Waals surface area contributed by atoms with E-state index in [1.54, 1.807) is 0 Å². The molecule has 1 unspecified atom stereocenters. The van der Waals surface area contributed by atoms with Gasteiger partial charge in [0, 0.05) is 13.6 Å². The lowest BCUT2D eigenvalue weighted by Gasteiger charge is -2.22. The first-order valence-corrected chi connectivity index (χ1v) is 5.94. The zero-order valence-electron chi connectivity index (χ0n) is 9.75. The van der Waals surface area contributed by atoms with Crippen molar-refractivity contribution in [1.29, 1.82) is 0 Å². The van der Waals surface area contributed by atoms with E-state index in [0.29, 0.717) is 16.2 Å². The van der Waals surface area contributed by atoms with Gasteiger partial charge < -0.3 is 15.2 Å². The third-order valence-corrected chi connectivity index (χ3v) is 2.99. The van der Waals surface area contributed by atoms with Crippen LogP contribution in [0, 0.1) is 5.92 Å². The number of anilines is 1. The smallest absolute Gasteiger partial charge is 0.267 e. The van der Waals surface area contributed by atoms with Crippen molar-refractivity contribution in [1.82, 2.24) is 15.3 Å². The van der Waals surface area contributed by atoms with E-state index in [1.165, 1.54) is 6.33 Å². The van der Waals surface area contributed by atoms with Gasteiger partial charge in [0.05, 0.1) is 6.33 Å². The molecule has 1 heterocycles. The van der Waals surface area contributed by atoms with Gasteiger partial charge in [-0.15, -0.1) is 0 Å². The highest BCUT2D eigenvalue weighted by Gasteiger charge is 2.12. The number of rotatable bonds is 5. The maximum atomic E-state index is 11.4. The molecule has 1 atom stereocenters. The summed E-state index contributed by atoms with van der Waals surface area (Å²) in [7, 11) is 3.86. The van der Waals surface area contributed by atoms with Gasteiger partial charge >= 0.3 is 0 Å². The van der Waals surface area contributed by atoms with Gasteiger partial charge in [-0.3, -0.25) is 4.79 Å². The number of halogens is 1. The molecule has 0 aliphatic heterocycles. The molecule has 0 aliphatic rings. The monoisotopic (exact) mass is 288 g/mol. The van der Waals surface area contributed by atoms with E-state index in [2.05, 4.69) is 38.1 Å². The van der Waals surface area contributed by atoms with Crippen molar-refractivity contribution < 1.29 is 0 Å². The summed E-state index contributed by atoms with van der Waals surface area (Å²) in [6, 6.07) is 0. The van der Waals surface area contributed by atoms with E-state index < -0.39 is 0 Å². The minimum absolute atomic E-state index is 0.155. The SMILES string of the molecule is CNCC(C)CN(C)c1nc[nH]c(=O)c1Br. The van der Waals surface area contributed by atoms with Crippen LogP contribution in [0.1, 0.15) is 6.92 Å². The molecule has 16 heavy (non-hydrogen) atoms. The van der Waals surface area contributed by atoms with Crippen LogP contribution in [0.5, 0.6) is 0 Å². The Kier molecular flexibility index (Phi) is 4.95. The average Bonchev–Trinajstić information content (AvgIpc) is 2.22. The summed E-state index contributed by atoms with van der Waals surface area (Å²) in [6.07, 6.45) is 1.42. The van der Waals surface area contributed by atoms with Gasteiger partial charge in [0.2, 0.25) is 0 Å². The van der Waals surface area contributed by atoms with Crippen LogP contribution in [0.3, 0.4) is 0 Å². The maximum Gasteiger partial charge on any atom is 0.267 e. The summed E-state index contributed by atoms with van der Waals surface area (Å²) in [6.45, 7) is 3.93. The summed E-state index contributed by atoms with van der Waals surface area (Å²) >= 11 is 3.25. The summed E-state index contributed by atoms with van der Waals surface area (Å²) < 4.78 is 0.481. The van der Waals surface area contributed by atoms with E-state index in [-0.39, 0.29) is 5.56 Å². The fourth-order valence-corrected chi connectivity index (χ4v) is 2.13. The molecule has 0 spiro atoms. The molecule has 0 aliphatic carbocycles. The van der Waals surface area contributed by atoms with Crippen LogP contribution in [-0.4, -0.2) is 37.2 Å². The van der Waals surface area contributed by atoms with Crippen molar-refractivity contribution in [3.63, 3.8) is 0 Å². The highest BCUT2D eigenvalue weighted by Crippen LogP contribution is 2.18. The lowest BCUT2D eigenvalue weighted by atomic mass is 10.1. The molecule has 1 rings (SSSR count). The number of hydrogen-bond acceptors (Lipinski definition) is 4.